The summed E-state index contributed by atoms with van der Waals surface area (Å²) in [6.07, 6.45) is 0. The lowest BCUT2D eigenvalue weighted by atomic mass is 9.94. The van der Waals surface area contributed by atoms with E-state index < -0.39 is 5.60 Å². The molecule has 3 heteroatoms. The molecule has 0 aliphatic heterocycles. The standard InChI is InChI=1S/C17H16O2S/c1-17(18,13-7-5-8-14(11-13)19-2)16-10-12-6-3-4-9-15(12)20-16/h3-11,18H,1-2H3. The van der Waals surface area contributed by atoms with Crippen molar-refractivity contribution in [2.75, 3.05) is 7.11 Å². The van der Waals surface area contributed by atoms with Gasteiger partial charge in [0.1, 0.15) is 11.4 Å². The summed E-state index contributed by atoms with van der Waals surface area (Å²) in [5.74, 6) is 0.754. The van der Waals surface area contributed by atoms with Crippen LogP contribution in [0.3, 0.4) is 0 Å². The summed E-state index contributed by atoms with van der Waals surface area (Å²) >= 11 is 1.62. The van der Waals surface area contributed by atoms with E-state index in [4.69, 9.17) is 4.74 Å². The number of hydrogen-bond acceptors (Lipinski definition) is 3. The molecule has 20 heavy (non-hydrogen) atoms. The third kappa shape index (κ3) is 2.19. The first-order chi connectivity index (χ1) is 9.61. The zero-order valence-corrected chi connectivity index (χ0v) is 12.3. The minimum absolute atomic E-state index is 0.754. The topological polar surface area (TPSA) is 29.5 Å². The Morgan fingerprint density at radius 2 is 1.85 bits per heavy atom. The van der Waals surface area contributed by atoms with Gasteiger partial charge in [0.25, 0.3) is 0 Å². The SMILES string of the molecule is COc1cccc(C(C)(O)c2cc3ccccc3s2)c1. The number of ether oxygens (including phenoxy) is 1. The zero-order chi connectivity index (χ0) is 14.2. The molecular formula is C17H16O2S. The first-order valence-corrected chi connectivity index (χ1v) is 7.29. The lowest BCUT2D eigenvalue weighted by Gasteiger charge is -2.22. The number of rotatable bonds is 3. The number of methoxy groups -OCH3 is 1. The Labute approximate surface area is 122 Å². The molecule has 0 fully saturated rings. The molecule has 0 saturated heterocycles. The predicted octanol–water partition coefficient (Wildman–Crippen LogP) is 4.17. The van der Waals surface area contributed by atoms with Gasteiger partial charge in [0.05, 0.1) is 7.11 Å². The van der Waals surface area contributed by atoms with Crippen LogP contribution in [0, 0.1) is 0 Å². The van der Waals surface area contributed by atoms with Crippen LogP contribution in [0.4, 0.5) is 0 Å². The molecular weight excluding hydrogens is 268 g/mol. The summed E-state index contributed by atoms with van der Waals surface area (Å²) < 4.78 is 6.42. The maximum atomic E-state index is 10.9. The second kappa shape index (κ2) is 4.93. The van der Waals surface area contributed by atoms with E-state index in [0.717, 1.165) is 21.6 Å². The van der Waals surface area contributed by atoms with Gasteiger partial charge < -0.3 is 9.84 Å². The van der Waals surface area contributed by atoms with E-state index in [1.807, 2.05) is 43.3 Å². The third-order valence-electron chi connectivity index (χ3n) is 3.54. The summed E-state index contributed by atoms with van der Waals surface area (Å²) in [6.45, 7) is 1.83. The van der Waals surface area contributed by atoms with E-state index in [2.05, 4.69) is 18.2 Å². The van der Waals surface area contributed by atoms with Crippen LogP contribution in [0.5, 0.6) is 5.75 Å². The smallest absolute Gasteiger partial charge is 0.121 e. The predicted molar refractivity (Wildman–Crippen MR) is 83.5 cm³/mol. The minimum Gasteiger partial charge on any atom is -0.497 e. The van der Waals surface area contributed by atoms with Crippen LogP contribution in [0.25, 0.3) is 10.1 Å². The largest absolute Gasteiger partial charge is 0.497 e. The number of thiophene rings is 1. The highest BCUT2D eigenvalue weighted by atomic mass is 32.1. The van der Waals surface area contributed by atoms with E-state index >= 15 is 0 Å². The molecule has 2 aromatic carbocycles. The van der Waals surface area contributed by atoms with E-state index in [1.165, 1.54) is 4.70 Å². The van der Waals surface area contributed by atoms with Crippen molar-refractivity contribution in [3.05, 3.63) is 65.0 Å². The van der Waals surface area contributed by atoms with Crippen molar-refractivity contribution in [3.8, 4) is 5.75 Å². The van der Waals surface area contributed by atoms with Gasteiger partial charge in [-0.2, -0.15) is 0 Å². The van der Waals surface area contributed by atoms with Crippen molar-refractivity contribution in [2.45, 2.75) is 12.5 Å². The minimum atomic E-state index is -1.02. The van der Waals surface area contributed by atoms with Crippen molar-refractivity contribution in [2.24, 2.45) is 0 Å². The van der Waals surface area contributed by atoms with E-state index in [1.54, 1.807) is 18.4 Å². The lowest BCUT2D eigenvalue weighted by Crippen LogP contribution is -2.21. The van der Waals surface area contributed by atoms with Crippen LogP contribution in [-0.2, 0) is 5.60 Å². The molecule has 3 rings (SSSR count). The summed E-state index contributed by atoms with van der Waals surface area (Å²) in [4.78, 5) is 0.937. The van der Waals surface area contributed by atoms with Gasteiger partial charge in [-0.3, -0.25) is 0 Å². The van der Waals surface area contributed by atoms with E-state index in [0.29, 0.717) is 0 Å². The average Bonchev–Trinajstić information content (AvgIpc) is 2.92. The fourth-order valence-corrected chi connectivity index (χ4v) is 3.42. The quantitative estimate of drug-likeness (QED) is 0.782. The Balaban J connectivity index is 2.09. The van der Waals surface area contributed by atoms with Crippen molar-refractivity contribution in [3.63, 3.8) is 0 Å². The third-order valence-corrected chi connectivity index (χ3v) is 4.86. The highest BCUT2D eigenvalue weighted by Gasteiger charge is 2.28. The summed E-state index contributed by atoms with van der Waals surface area (Å²) in [6, 6.07) is 17.8. The molecule has 0 aliphatic rings. The second-order valence-electron chi connectivity index (χ2n) is 4.95. The summed E-state index contributed by atoms with van der Waals surface area (Å²) in [5.41, 5.74) is -0.179. The number of fused-ring (bicyclic) bond motifs is 1. The van der Waals surface area contributed by atoms with Gasteiger partial charge in [-0.05, 0) is 42.1 Å². The Morgan fingerprint density at radius 1 is 1.05 bits per heavy atom. The molecule has 2 nitrogen and oxygen atoms in total. The molecule has 0 radical (unpaired) electrons. The first-order valence-electron chi connectivity index (χ1n) is 6.47. The molecule has 0 aliphatic carbocycles. The molecule has 3 aromatic rings. The lowest BCUT2D eigenvalue weighted by molar-refractivity contribution is 0.106. The molecule has 1 unspecified atom stereocenters. The number of hydrogen-bond donors (Lipinski definition) is 1. The summed E-state index contributed by atoms with van der Waals surface area (Å²) in [7, 11) is 1.63. The van der Waals surface area contributed by atoms with Crippen LogP contribution < -0.4 is 4.74 Å². The molecule has 1 atom stereocenters. The van der Waals surface area contributed by atoms with Crippen LogP contribution in [0.2, 0.25) is 0 Å². The van der Waals surface area contributed by atoms with Crippen LogP contribution in [0.15, 0.2) is 54.6 Å². The maximum Gasteiger partial charge on any atom is 0.121 e. The fourth-order valence-electron chi connectivity index (χ4n) is 2.29. The molecule has 102 valence electrons. The summed E-state index contributed by atoms with van der Waals surface area (Å²) in [5, 5.41) is 12.1. The van der Waals surface area contributed by atoms with Gasteiger partial charge in [0.2, 0.25) is 0 Å². The van der Waals surface area contributed by atoms with Crippen molar-refractivity contribution in [1.82, 2.24) is 0 Å². The average molecular weight is 284 g/mol. The Kier molecular flexibility index (Phi) is 3.24. The van der Waals surface area contributed by atoms with Gasteiger partial charge in [-0.25, -0.2) is 0 Å². The molecule has 0 spiro atoms. The monoisotopic (exact) mass is 284 g/mol. The van der Waals surface area contributed by atoms with E-state index in [9.17, 15) is 5.11 Å². The molecule has 1 aromatic heterocycles. The highest BCUT2D eigenvalue weighted by Crippen LogP contribution is 2.38. The van der Waals surface area contributed by atoms with Crippen LogP contribution in [-0.4, -0.2) is 12.2 Å². The molecule has 1 heterocycles. The van der Waals surface area contributed by atoms with Gasteiger partial charge in [0, 0.05) is 9.58 Å². The Morgan fingerprint density at radius 3 is 2.60 bits per heavy atom. The fraction of sp³-hybridized carbons (Fsp3) is 0.176. The Hall–Kier alpha value is -1.84. The highest BCUT2D eigenvalue weighted by molar-refractivity contribution is 7.19. The van der Waals surface area contributed by atoms with Gasteiger partial charge >= 0.3 is 0 Å². The molecule has 0 amide bonds. The van der Waals surface area contributed by atoms with Crippen molar-refractivity contribution in [1.29, 1.82) is 0 Å². The molecule has 0 bridgehead atoms. The maximum absolute atomic E-state index is 10.9. The number of aliphatic hydroxyl groups is 1. The van der Waals surface area contributed by atoms with Crippen molar-refractivity contribution < 1.29 is 9.84 Å². The number of benzene rings is 2. The van der Waals surface area contributed by atoms with Gasteiger partial charge in [-0.15, -0.1) is 11.3 Å². The Bertz CT molecular complexity index is 710. The van der Waals surface area contributed by atoms with Crippen LogP contribution in [0.1, 0.15) is 17.4 Å². The normalized spacial score (nSPS) is 14.2. The van der Waals surface area contributed by atoms with Gasteiger partial charge in [-0.1, -0.05) is 30.3 Å². The van der Waals surface area contributed by atoms with Crippen molar-refractivity contribution >= 4 is 21.4 Å². The van der Waals surface area contributed by atoms with E-state index in [-0.39, 0.29) is 0 Å². The second-order valence-corrected chi connectivity index (χ2v) is 6.04. The van der Waals surface area contributed by atoms with Crippen LogP contribution >= 0.6 is 11.3 Å². The zero-order valence-electron chi connectivity index (χ0n) is 11.5. The first kappa shape index (κ1) is 13.2. The van der Waals surface area contributed by atoms with Gasteiger partial charge in [0.15, 0.2) is 0 Å². The molecule has 1 N–H and O–H groups in total. The molecule has 0 saturated carbocycles.